The molecule has 4 aromatic rings. The standard InChI is InChI=1S/C33H33BrClN3O4S/c1-23-9-17-29(18-10-23)43(41,42)38(28-16-11-24(2)30(35)20-28)22-32(39)37(21-26-12-14-27(34)15-13-26)31(33(40)36-3)19-25-7-5-4-6-8-25/h4-18,20,31H,19,21-22H2,1-3H3,(H,36,40). The molecule has 0 spiro atoms. The highest BCUT2D eigenvalue weighted by Crippen LogP contribution is 2.29. The van der Waals surface area contributed by atoms with E-state index in [9.17, 15) is 18.0 Å². The zero-order chi connectivity index (χ0) is 31.1. The molecule has 4 rings (SSSR count). The number of carbonyl (C=O) groups is 2. The normalized spacial score (nSPS) is 11.9. The summed E-state index contributed by atoms with van der Waals surface area (Å²) in [6.07, 6.45) is 0.240. The fraction of sp³-hybridized carbons (Fsp3) is 0.212. The molecule has 10 heteroatoms. The van der Waals surface area contributed by atoms with Gasteiger partial charge in [0.15, 0.2) is 0 Å². The molecule has 1 atom stereocenters. The van der Waals surface area contributed by atoms with E-state index in [0.717, 1.165) is 31.0 Å². The van der Waals surface area contributed by atoms with E-state index in [-0.39, 0.29) is 29.5 Å². The highest BCUT2D eigenvalue weighted by molar-refractivity contribution is 9.10. The Labute approximate surface area is 266 Å². The van der Waals surface area contributed by atoms with Crippen LogP contribution in [0.5, 0.6) is 0 Å². The Morgan fingerprint density at radius 1 is 0.884 bits per heavy atom. The number of amides is 2. The lowest BCUT2D eigenvalue weighted by Crippen LogP contribution is -2.53. The predicted molar refractivity (Wildman–Crippen MR) is 175 cm³/mol. The first-order valence-electron chi connectivity index (χ1n) is 13.6. The van der Waals surface area contributed by atoms with Crippen LogP contribution in [0.25, 0.3) is 0 Å². The Bertz CT molecular complexity index is 1680. The number of benzene rings is 4. The summed E-state index contributed by atoms with van der Waals surface area (Å²) in [5, 5.41) is 3.05. The van der Waals surface area contributed by atoms with Gasteiger partial charge in [0.05, 0.1) is 10.6 Å². The number of sulfonamides is 1. The number of nitrogens with one attached hydrogen (secondary N) is 1. The first-order valence-corrected chi connectivity index (χ1v) is 16.3. The monoisotopic (exact) mass is 681 g/mol. The second kappa shape index (κ2) is 14.2. The number of anilines is 1. The summed E-state index contributed by atoms with van der Waals surface area (Å²) in [5.41, 5.74) is 3.55. The Morgan fingerprint density at radius 2 is 1.53 bits per heavy atom. The zero-order valence-electron chi connectivity index (χ0n) is 24.1. The molecule has 0 saturated carbocycles. The quantitative estimate of drug-likeness (QED) is 0.201. The van der Waals surface area contributed by atoms with E-state index in [0.29, 0.717) is 5.02 Å². The molecular weight excluding hydrogens is 650 g/mol. The summed E-state index contributed by atoms with van der Waals surface area (Å²) >= 11 is 9.86. The van der Waals surface area contributed by atoms with Crippen LogP contribution in [0.4, 0.5) is 5.69 Å². The molecule has 0 saturated heterocycles. The number of halogens is 2. The summed E-state index contributed by atoms with van der Waals surface area (Å²) in [6.45, 7) is 3.22. The first kappa shape index (κ1) is 32.3. The van der Waals surface area contributed by atoms with Gasteiger partial charge >= 0.3 is 0 Å². The van der Waals surface area contributed by atoms with E-state index < -0.39 is 28.5 Å². The molecule has 4 aromatic carbocycles. The van der Waals surface area contributed by atoms with Crippen LogP contribution in [0.1, 0.15) is 22.3 Å². The fourth-order valence-corrected chi connectivity index (χ4v) is 6.46. The lowest BCUT2D eigenvalue weighted by atomic mass is 10.0. The van der Waals surface area contributed by atoms with Gasteiger partial charge in [-0.1, -0.05) is 93.8 Å². The number of hydrogen-bond donors (Lipinski definition) is 1. The smallest absolute Gasteiger partial charge is 0.264 e. The lowest BCUT2D eigenvalue weighted by molar-refractivity contribution is -0.139. The van der Waals surface area contributed by atoms with Gasteiger partial charge in [0.25, 0.3) is 10.0 Å². The van der Waals surface area contributed by atoms with Gasteiger partial charge in [0.2, 0.25) is 11.8 Å². The third kappa shape index (κ3) is 8.04. The van der Waals surface area contributed by atoms with Crippen LogP contribution in [0, 0.1) is 13.8 Å². The summed E-state index contributed by atoms with van der Waals surface area (Å²) in [6, 6.07) is 27.2. The molecule has 0 aromatic heterocycles. The van der Waals surface area contributed by atoms with Crippen molar-refractivity contribution < 1.29 is 18.0 Å². The van der Waals surface area contributed by atoms with Gasteiger partial charge in [0.1, 0.15) is 12.6 Å². The molecule has 0 radical (unpaired) electrons. The topological polar surface area (TPSA) is 86.8 Å². The minimum atomic E-state index is -4.20. The van der Waals surface area contributed by atoms with Gasteiger partial charge in [-0.05, 0) is 66.9 Å². The molecule has 0 bridgehead atoms. The van der Waals surface area contributed by atoms with Crippen LogP contribution in [0.3, 0.4) is 0 Å². The second-order valence-corrected chi connectivity index (χ2v) is 13.4. The fourth-order valence-electron chi connectivity index (χ4n) is 4.61. The number of aryl methyl sites for hydroxylation is 2. The van der Waals surface area contributed by atoms with Crippen LogP contribution < -0.4 is 9.62 Å². The maximum atomic E-state index is 14.3. The van der Waals surface area contributed by atoms with Crippen molar-refractivity contribution in [2.24, 2.45) is 0 Å². The van der Waals surface area contributed by atoms with E-state index in [1.54, 1.807) is 24.3 Å². The predicted octanol–water partition coefficient (Wildman–Crippen LogP) is 6.30. The third-order valence-corrected chi connectivity index (χ3v) is 9.84. The average molecular weight is 683 g/mol. The van der Waals surface area contributed by atoms with Crippen molar-refractivity contribution in [2.75, 3.05) is 17.9 Å². The van der Waals surface area contributed by atoms with Gasteiger partial charge in [-0.25, -0.2) is 8.42 Å². The van der Waals surface area contributed by atoms with Crippen molar-refractivity contribution in [3.05, 3.63) is 129 Å². The summed E-state index contributed by atoms with van der Waals surface area (Å²) in [4.78, 5) is 29.1. The highest BCUT2D eigenvalue weighted by Gasteiger charge is 2.34. The zero-order valence-corrected chi connectivity index (χ0v) is 27.3. The molecule has 43 heavy (non-hydrogen) atoms. The summed E-state index contributed by atoms with van der Waals surface area (Å²) in [5.74, 6) is -0.902. The Balaban J connectivity index is 1.80. The van der Waals surface area contributed by atoms with Gasteiger partial charge in [-0.3, -0.25) is 13.9 Å². The number of hydrogen-bond acceptors (Lipinski definition) is 4. The molecule has 1 unspecified atom stereocenters. The van der Waals surface area contributed by atoms with Crippen LogP contribution in [0.2, 0.25) is 5.02 Å². The molecule has 1 N–H and O–H groups in total. The number of nitrogens with zero attached hydrogens (tertiary/aromatic N) is 2. The van der Waals surface area contributed by atoms with Gasteiger partial charge in [-0.15, -0.1) is 0 Å². The first-order chi connectivity index (χ1) is 20.5. The van der Waals surface area contributed by atoms with E-state index in [1.807, 2.05) is 68.4 Å². The van der Waals surface area contributed by atoms with Gasteiger partial charge < -0.3 is 10.2 Å². The van der Waals surface area contributed by atoms with E-state index in [1.165, 1.54) is 30.1 Å². The van der Waals surface area contributed by atoms with Crippen molar-refractivity contribution in [1.82, 2.24) is 10.2 Å². The Kier molecular flexibility index (Phi) is 10.7. The van der Waals surface area contributed by atoms with Crippen molar-refractivity contribution in [1.29, 1.82) is 0 Å². The minimum absolute atomic E-state index is 0.0363. The average Bonchev–Trinajstić information content (AvgIpc) is 3.00. The van der Waals surface area contributed by atoms with Crippen LogP contribution in [0.15, 0.2) is 106 Å². The Hall–Kier alpha value is -3.66. The summed E-state index contributed by atoms with van der Waals surface area (Å²) < 4.78 is 30.1. The molecule has 0 aliphatic heterocycles. The Morgan fingerprint density at radius 3 is 2.14 bits per heavy atom. The largest absolute Gasteiger partial charge is 0.357 e. The maximum absolute atomic E-state index is 14.3. The van der Waals surface area contributed by atoms with Gasteiger partial charge in [-0.2, -0.15) is 0 Å². The van der Waals surface area contributed by atoms with Crippen LogP contribution >= 0.6 is 27.5 Å². The second-order valence-electron chi connectivity index (χ2n) is 10.2. The minimum Gasteiger partial charge on any atom is -0.357 e. The molecule has 2 amide bonds. The van der Waals surface area contributed by atoms with Crippen LogP contribution in [-0.4, -0.2) is 44.8 Å². The molecular formula is C33H33BrClN3O4S. The van der Waals surface area contributed by atoms with Gasteiger partial charge in [0, 0.05) is 29.5 Å². The third-order valence-electron chi connectivity index (χ3n) is 7.11. The van der Waals surface area contributed by atoms with Crippen LogP contribution in [-0.2, 0) is 32.6 Å². The van der Waals surface area contributed by atoms with Crippen molar-refractivity contribution in [3.8, 4) is 0 Å². The van der Waals surface area contributed by atoms with E-state index in [4.69, 9.17) is 11.6 Å². The maximum Gasteiger partial charge on any atom is 0.264 e. The number of carbonyl (C=O) groups excluding carboxylic acids is 2. The molecule has 0 heterocycles. The molecule has 0 aliphatic rings. The molecule has 7 nitrogen and oxygen atoms in total. The molecule has 0 fully saturated rings. The number of likely N-dealkylation sites (N-methyl/N-ethyl adjacent to an activating group) is 1. The van der Waals surface area contributed by atoms with E-state index in [2.05, 4.69) is 21.2 Å². The molecule has 224 valence electrons. The highest BCUT2D eigenvalue weighted by atomic mass is 79.9. The van der Waals surface area contributed by atoms with Crippen molar-refractivity contribution >= 4 is 55.1 Å². The van der Waals surface area contributed by atoms with Crippen molar-refractivity contribution in [2.45, 2.75) is 37.8 Å². The SMILES string of the molecule is CNC(=O)C(Cc1ccccc1)N(Cc1ccc(Br)cc1)C(=O)CN(c1ccc(C)c(Cl)c1)S(=O)(=O)c1ccc(C)cc1. The lowest BCUT2D eigenvalue weighted by Gasteiger charge is -2.33. The van der Waals surface area contributed by atoms with Crippen molar-refractivity contribution in [3.63, 3.8) is 0 Å². The van der Waals surface area contributed by atoms with E-state index >= 15 is 0 Å². The number of rotatable bonds is 11. The molecule has 0 aliphatic carbocycles. The summed E-state index contributed by atoms with van der Waals surface area (Å²) in [7, 11) is -2.68.